The van der Waals surface area contributed by atoms with E-state index < -0.39 is 0 Å². The molecule has 0 fully saturated rings. The second-order valence-electron chi connectivity index (χ2n) is 3.03. The molecule has 3 heteroatoms. The maximum absolute atomic E-state index is 6.00. The molecule has 2 nitrogen and oxygen atoms in total. The predicted octanol–water partition coefficient (Wildman–Crippen LogP) is 3.04. The van der Waals surface area contributed by atoms with Gasteiger partial charge in [-0.1, -0.05) is 24.3 Å². The summed E-state index contributed by atoms with van der Waals surface area (Å²) < 4.78 is 6.29. The number of halogens is 1. The molecule has 2 N–H and O–H groups in total. The van der Waals surface area contributed by atoms with Gasteiger partial charge in [0.1, 0.15) is 0 Å². The number of hydrogen-bond donors (Lipinski definition) is 1. The predicted molar refractivity (Wildman–Crippen MR) is 67.6 cm³/mol. The average molecular weight is 299 g/mol. The second kappa shape index (κ2) is 3.65. The minimum Gasteiger partial charge on any atom is -0.493 e. The molecule has 2 aromatic rings. The van der Waals surface area contributed by atoms with Crippen molar-refractivity contribution in [1.82, 2.24) is 0 Å². The molecule has 14 heavy (non-hydrogen) atoms. The van der Waals surface area contributed by atoms with E-state index in [9.17, 15) is 0 Å². The Balaban J connectivity index is 2.86. The Bertz CT molecular complexity index is 482. The van der Waals surface area contributed by atoms with Gasteiger partial charge in [0.05, 0.1) is 16.4 Å². The maximum atomic E-state index is 6.00. The smallest absolute Gasteiger partial charge is 0.155 e. The Morgan fingerprint density at radius 2 is 2.00 bits per heavy atom. The van der Waals surface area contributed by atoms with E-state index in [1.807, 2.05) is 24.3 Å². The first-order chi connectivity index (χ1) is 6.74. The summed E-state index contributed by atoms with van der Waals surface area (Å²) in [7, 11) is 1.64. The fourth-order valence-corrected chi connectivity index (χ4v) is 2.37. The molecule has 0 aromatic heterocycles. The third kappa shape index (κ3) is 1.41. The summed E-state index contributed by atoms with van der Waals surface area (Å²) in [5, 5.41) is 2.19. The number of fused-ring (bicyclic) bond motifs is 1. The molecule has 2 rings (SSSR count). The van der Waals surface area contributed by atoms with Crippen molar-refractivity contribution in [3.8, 4) is 5.75 Å². The third-order valence-corrected chi connectivity index (χ3v) is 3.00. The fourth-order valence-electron chi connectivity index (χ4n) is 1.53. The van der Waals surface area contributed by atoms with Crippen LogP contribution in [0.1, 0.15) is 0 Å². The van der Waals surface area contributed by atoms with Crippen LogP contribution in [-0.2, 0) is 0 Å². The summed E-state index contributed by atoms with van der Waals surface area (Å²) >= 11 is 2.23. The van der Waals surface area contributed by atoms with Gasteiger partial charge in [-0.05, 0) is 34.0 Å². The van der Waals surface area contributed by atoms with Gasteiger partial charge in [-0.3, -0.25) is 0 Å². The van der Waals surface area contributed by atoms with E-state index in [0.29, 0.717) is 0 Å². The van der Waals surface area contributed by atoms with E-state index >= 15 is 0 Å². The van der Waals surface area contributed by atoms with E-state index in [-0.39, 0.29) is 0 Å². The summed E-state index contributed by atoms with van der Waals surface area (Å²) in [6, 6.07) is 10.1. The molecular formula is C11H10INO. The Morgan fingerprint density at radius 1 is 1.29 bits per heavy atom. The Morgan fingerprint density at radius 3 is 2.71 bits per heavy atom. The molecule has 0 unspecified atom stereocenters. The minimum absolute atomic E-state index is 0.718. The first-order valence-electron chi connectivity index (χ1n) is 4.24. The normalized spacial score (nSPS) is 10.4. The van der Waals surface area contributed by atoms with Crippen molar-refractivity contribution in [2.24, 2.45) is 0 Å². The van der Waals surface area contributed by atoms with Gasteiger partial charge in [0.25, 0.3) is 0 Å². The minimum atomic E-state index is 0.718. The number of ether oxygens (including phenoxy) is 1. The number of rotatable bonds is 1. The zero-order chi connectivity index (χ0) is 10.1. The number of nitrogen functional groups attached to an aromatic ring is 1. The van der Waals surface area contributed by atoms with E-state index in [1.165, 1.54) is 0 Å². The lowest BCUT2D eigenvalue weighted by atomic mass is 10.1. The molecule has 0 bridgehead atoms. The van der Waals surface area contributed by atoms with Crippen molar-refractivity contribution >= 4 is 39.1 Å². The van der Waals surface area contributed by atoms with Crippen molar-refractivity contribution in [2.45, 2.75) is 0 Å². The van der Waals surface area contributed by atoms with Gasteiger partial charge >= 0.3 is 0 Å². The van der Waals surface area contributed by atoms with E-state index in [4.69, 9.17) is 10.5 Å². The molecular weight excluding hydrogens is 289 g/mol. The molecule has 0 amide bonds. The van der Waals surface area contributed by atoms with Gasteiger partial charge in [-0.25, -0.2) is 0 Å². The zero-order valence-electron chi connectivity index (χ0n) is 7.75. The first-order valence-corrected chi connectivity index (χ1v) is 5.32. The lowest BCUT2D eigenvalue weighted by Crippen LogP contribution is -1.96. The van der Waals surface area contributed by atoms with Gasteiger partial charge in [0, 0.05) is 5.39 Å². The molecule has 2 aromatic carbocycles. The first kappa shape index (κ1) is 9.58. The quantitative estimate of drug-likeness (QED) is 0.649. The van der Waals surface area contributed by atoms with Crippen LogP contribution in [-0.4, -0.2) is 7.11 Å². The van der Waals surface area contributed by atoms with Crippen LogP contribution < -0.4 is 10.5 Å². The Hall–Kier alpha value is -0.970. The molecule has 0 aliphatic rings. The molecule has 0 atom stereocenters. The van der Waals surface area contributed by atoms with Crippen LogP contribution in [0, 0.1) is 3.57 Å². The van der Waals surface area contributed by atoms with Crippen LogP contribution in [0.25, 0.3) is 10.8 Å². The molecule has 0 aliphatic carbocycles. The third-order valence-electron chi connectivity index (χ3n) is 2.20. The Labute approximate surface area is 96.2 Å². The highest BCUT2D eigenvalue weighted by Crippen LogP contribution is 2.34. The lowest BCUT2D eigenvalue weighted by molar-refractivity contribution is 0.414. The number of anilines is 1. The molecule has 0 saturated carbocycles. The number of hydrogen-bond acceptors (Lipinski definition) is 2. The topological polar surface area (TPSA) is 35.2 Å². The van der Waals surface area contributed by atoms with Crippen LogP contribution >= 0.6 is 22.6 Å². The van der Waals surface area contributed by atoms with Crippen molar-refractivity contribution in [3.05, 3.63) is 33.9 Å². The van der Waals surface area contributed by atoms with E-state index in [0.717, 1.165) is 25.8 Å². The highest BCUT2D eigenvalue weighted by Gasteiger charge is 2.08. The standard InChI is InChI=1S/C11H10INO/c1-14-11-9(12)6-7-4-2-3-5-8(7)10(11)13/h2-6H,13H2,1H3. The lowest BCUT2D eigenvalue weighted by Gasteiger charge is -2.09. The summed E-state index contributed by atoms with van der Waals surface area (Å²) in [6.07, 6.45) is 0. The number of nitrogens with two attached hydrogens (primary N) is 1. The molecule has 0 radical (unpaired) electrons. The van der Waals surface area contributed by atoms with Crippen LogP contribution in [0.3, 0.4) is 0 Å². The second-order valence-corrected chi connectivity index (χ2v) is 4.19. The Kier molecular flexibility index (Phi) is 2.50. The summed E-state index contributed by atoms with van der Waals surface area (Å²) in [5.41, 5.74) is 6.72. The van der Waals surface area contributed by atoms with Crippen LogP contribution in [0.5, 0.6) is 5.75 Å². The highest BCUT2D eigenvalue weighted by atomic mass is 127. The maximum Gasteiger partial charge on any atom is 0.155 e. The highest BCUT2D eigenvalue weighted by molar-refractivity contribution is 14.1. The van der Waals surface area contributed by atoms with Crippen molar-refractivity contribution in [3.63, 3.8) is 0 Å². The monoisotopic (exact) mass is 299 g/mol. The van der Waals surface area contributed by atoms with Gasteiger partial charge in [-0.15, -0.1) is 0 Å². The largest absolute Gasteiger partial charge is 0.493 e. The summed E-state index contributed by atoms with van der Waals surface area (Å²) in [4.78, 5) is 0. The number of methoxy groups -OCH3 is 1. The van der Waals surface area contributed by atoms with Gasteiger partial charge < -0.3 is 10.5 Å². The van der Waals surface area contributed by atoms with E-state index in [1.54, 1.807) is 7.11 Å². The molecule has 72 valence electrons. The molecule has 0 heterocycles. The molecule has 0 spiro atoms. The van der Waals surface area contributed by atoms with E-state index in [2.05, 4.69) is 28.7 Å². The van der Waals surface area contributed by atoms with Crippen LogP contribution in [0.2, 0.25) is 0 Å². The van der Waals surface area contributed by atoms with Crippen LogP contribution in [0.4, 0.5) is 5.69 Å². The zero-order valence-corrected chi connectivity index (χ0v) is 9.91. The SMILES string of the molecule is COc1c(I)cc2ccccc2c1N. The van der Waals surface area contributed by atoms with Crippen LogP contribution in [0.15, 0.2) is 30.3 Å². The number of benzene rings is 2. The van der Waals surface area contributed by atoms with Crippen molar-refractivity contribution in [1.29, 1.82) is 0 Å². The van der Waals surface area contributed by atoms with Gasteiger partial charge in [-0.2, -0.15) is 0 Å². The molecule has 0 aliphatic heterocycles. The van der Waals surface area contributed by atoms with Crippen molar-refractivity contribution < 1.29 is 4.74 Å². The fraction of sp³-hybridized carbons (Fsp3) is 0.0909. The van der Waals surface area contributed by atoms with Crippen molar-refractivity contribution in [2.75, 3.05) is 12.8 Å². The summed E-state index contributed by atoms with van der Waals surface area (Å²) in [5.74, 6) is 0.768. The van der Waals surface area contributed by atoms with Gasteiger partial charge in [0.15, 0.2) is 5.75 Å². The van der Waals surface area contributed by atoms with Gasteiger partial charge in [0.2, 0.25) is 0 Å². The summed E-state index contributed by atoms with van der Waals surface area (Å²) in [6.45, 7) is 0. The molecule has 0 saturated heterocycles. The average Bonchev–Trinajstić information content (AvgIpc) is 2.18.